The number of aliphatic hydroxyl groups excluding tert-OH is 1. The second-order valence-corrected chi connectivity index (χ2v) is 6.27. The lowest BCUT2D eigenvalue weighted by Crippen LogP contribution is -2.13. The van der Waals surface area contributed by atoms with Crippen LogP contribution in [0.15, 0.2) is 53.4 Å². The molecule has 0 saturated carbocycles. The number of nitrogens with one attached hydrogen (secondary N) is 1. The van der Waals surface area contributed by atoms with Crippen LogP contribution in [0.25, 0.3) is 0 Å². The second-order valence-electron chi connectivity index (χ2n) is 4.59. The zero-order valence-electron chi connectivity index (χ0n) is 11.3. The van der Waals surface area contributed by atoms with Gasteiger partial charge >= 0.3 is 0 Å². The minimum atomic E-state index is -3.73. The predicted molar refractivity (Wildman–Crippen MR) is 79.1 cm³/mol. The molecule has 21 heavy (non-hydrogen) atoms. The molecule has 2 aromatic rings. The Morgan fingerprint density at radius 1 is 1.10 bits per heavy atom. The number of hydrogen-bond donors (Lipinski definition) is 2. The van der Waals surface area contributed by atoms with E-state index in [9.17, 15) is 12.8 Å². The summed E-state index contributed by atoms with van der Waals surface area (Å²) in [5, 5.41) is 8.81. The van der Waals surface area contributed by atoms with Gasteiger partial charge in [-0.2, -0.15) is 0 Å². The first kappa shape index (κ1) is 15.5. The number of rotatable bonds is 6. The molecule has 0 aliphatic heterocycles. The molecule has 2 N–H and O–H groups in total. The molecule has 0 amide bonds. The highest BCUT2D eigenvalue weighted by molar-refractivity contribution is 7.92. The Balaban J connectivity index is 2.18. The molecule has 0 spiro atoms. The Kier molecular flexibility index (Phi) is 4.93. The first-order valence-corrected chi connectivity index (χ1v) is 7.98. The highest BCUT2D eigenvalue weighted by Gasteiger charge is 2.14. The number of sulfonamides is 1. The summed E-state index contributed by atoms with van der Waals surface area (Å²) in [5.74, 6) is -0.486. The molecule has 0 heterocycles. The van der Waals surface area contributed by atoms with Crippen LogP contribution in [-0.4, -0.2) is 20.1 Å². The van der Waals surface area contributed by atoms with Gasteiger partial charge in [0.25, 0.3) is 10.0 Å². The molecule has 2 aromatic carbocycles. The van der Waals surface area contributed by atoms with Crippen molar-refractivity contribution in [2.24, 2.45) is 0 Å². The van der Waals surface area contributed by atoms with Gasteiger partial charge in [-0.25, -0.2) is 12.8 Å². The maximum Gasteiger partial charge on any atom is 0.261 e. The standard InChI is InChI=1S/C15H16FNO3S/c16-13-6-8-15(9-7-13)21(19,20)17-14-5-1-3-12(11-14)4-2-10-18/h1,3,5-9,11,17-18H,2,4,10H2. The molecule has 0 aliphatic rings. The molecule has 112 valence electrons. The molecule has 0 fully saturated rings. The summed E-state index contributed by atoms with van der Waals surface area (Å²) in [5.41, 5.74) is 1.37. The van der Waals surface area contributed by atoms with E-state index in [4.69, 9.17) is 5.11 Å². The van der Waals surface area contributed by atoms with E-state index in [1.165, 1.54) is 12.1 Å². The number of benzene rings is 2. The fourth-order valence-corrected chi connectivity index (χ4v) is 2.95. The van der Waals surface area contributed by atoms with Crippen LogP contribution < -0.4 is 4.72 Å². The Labute approximate surface area is 123 Å². The molecule has 0 aromatic heterocycles. The molecule has 2 rings (SSSR count). The summed E-state index contributed by atoms with van der Waals surface area (Å²) in [6.07, 6.45) is 1.29. The Morgan fingerprint density at radius 2 is 1.81 bits per heavy atom. The summed E-state index contributed by atoms with van der Waals surface area (Å²) < 4.78 is 39.6. The van der Waals surface area contributed by atoms with Crippen molar-refractivity contribution in [3.05, 3.63) is 59.9 Å². The number of aryl methyl sites for hydroxylation is 1. The second kappa shape index (κ2) is 6.69. The molecule has 6 heteroatoms. The Hall–Kier alpha value is -1.92. The molecule has 0 atom stereocenters. The average Bonchev–Trinajstić information content (AvgIpc) is 2.45. The average molecular weight is 309 g/mol. The van der Waals surface area contributed by atoms with E-state index in [1.807, 2.05) is 6.07 Å². The first-order chi connectivity index (χ1) is 10.0. The normalized spacial score (nSPS) is 11.3. The van der Waals surface area contributed by atoms with E-state index in [0.717, 1.165) is 17.7 Å². The van der Waals surface area contributed by atoms with Crippen molar-refractivity contribution in [2.75, 3.05) is 11.3 Å². The summed E-state index contributed by atoms with van der Waals surface area (Å²) in [6, 6.07) is 11.6. The molecule has 0 radical (unpaired) electrons. The van der Waals surface area contributed by atoms with Gasteiger partial charge in [0.2, 0.25) is 0 Å². The minimum absolute atomic E-state index is 0.00432. The van der Waals surface area contributed by atoms with Gasteiger partial charge in [-0.1, -0.05) is 12.1 Å². The summed E-state index contributed by atoms with van der Waals surface area (Å²) in [7, 11) is -3.73. The van der Waals surface area contributed by atoms with Crippen molar-refractivity contribution >= 4 is 15.7 Å². The zero-order valence-corrected chi connectivity index (χ0v) is 12.1. The Bertz CT molecular complexity index is 699. The maximum absolute atomic E-state index is 12.8. The number of hydrogen-bond acceptors (Lipinski definition) is 3. The van der Waals surface area contributed by atoms with Crippen molar-refractivity contribution in [3.8, 4) is 0 Å². The molecular formula is C15H16FNO3S. The van der Waals surface area contributed by atoms with E-state index >= 15 is 0 Å². The van der Waals surface area contributed by atoms with E-state index < -0.39 is 15.8 Å². The quantitative estimate of drug-likeness (QED) is 0.862. The van der Waals surface area contributed by atoms with Gasteiger partial charge in [0.15, 0.2) is 0 Å². The summed E-state index contributed by atoms with van der Waals surface area (Å²) >= 11 is 0. The van der Waals surface area contributed by atoms with Crippen LogP contribution in [0.3, 0.4) is 0 Å². The van der Waals surface area contributed by atoms with Crippen LogP contribution >= 0.6 is 0 Å². The largest absolute Gasteiger partial charge is 0.396 e. The summed E-state index contributed by atoms with van der Waals surface area (Å²) in [6.45, 7) is 0.0888. The fourth-order valence-electron chi connectivity index (χ4n) is 1.90. The predicted octanol–water partition coefficient (Wildman–Crippen LogP) is 2.55. The fraction of sp³-hybridized carbons (Fsp3) is 0.200. The smallest absolute Gasteiger partial charge is 0.261 e. The third kappa shape index (κ3) is 4.27. The highest BCUT2D eigenvalue weighted by atomic mass is 32.2. The molecule has 0 aliphatic carbocycles. The van der Waals surface area contributed by atoms with Gasteiger partial charge in [0, 0.05) is 12.3 Å². The Morgan fingerprint density at radius 3 is 2.48 bits per heavy atom. The van der Waals surface area contributed by atoms with Crippen molar-refractivity contribution in [2.45, 2.75) is 17.7 Å². The number of halogens is 1. The van der Waals surface area contributed by atoms with Gasteiger partial charge < -0.3 is 5.11 Å². The van der Waals surface area contributed by atoms with Crippen LogP contribution in [0, 0.1) is 5.82 Å². The van der Waals surface area contributed by atoms with Crippen molar-refractivity contribution in [1.29, 1.82) is 0 Å². The van der Waals surface area contributed by atoms with Crippen molar-refractivity contribution in [3.63, 3.8) is 0 Å². The lowest BCUT2D eigenvalue weighted by atomic mass is 10.1. The van der Waals surface area contributed by atoms with Crippen LogP contribution in [0.2, 0.25) is 0 Å². The van der Waals surface area contributed by atoms with Gasteiger partial charge in [-0.3, -0.25) is 4.72 Å². The molecule has 0 unspecified atom stereocenters. The van der Waals surface area contributed by atoms with E-state index in [-0.39, 0.29) is 11.5 Å². The first-order valence-electron chi connectivity index (χ1n) is 6.49. The van der Waals surface area contributed by atoms with Gasteiger partial charge in [-0.05, 0) is 54.8 Å². The maximum atomic E-state index is 12.8. The van der Waals surface area contributed by atoms with Crippen LogP contribution in [0.5, 0.6) is 0 Å². The van der Waals surface area contributed by atoms with Gasteiger partial charge in [0.1, 0.15) is 5.82 Å². The zero-order chi connectivity index (χ0) is 15.3. The lowest BCUT2D eigenvalue weighted by Gasteiger charge is -2.09. The van der Waals surface area contributed by atoms with Crippen LogP contribution in [-0.2, 0) is 16.4 Å². The van der Waals surface area contributed by atoms with Crippen molar-refractivity contribution in [1.82, 2.24) is 0 Å². The van der Waals surface area contributed by atoms with E-state index in [0.29, 0.717) is 18.5 Å². The highest BCUT2D eigenvalue weighted by Crippen LogP contribution is 2.18. The summed E-state index contributed by atoms with van der Waals surface area (Å²) in [4.78, 5) is 0.00432. The topological polar surface area (TPSA) is 66.4 Å². The van der Waals surface area contributed by atoms with Gasteiger partial charge in [0.05, 0.1) is 4.90 Å². The van der Waals surface area contributed by atoms with Crippen LogP contribution in [0.1, 0.15) is 12.0 Å². The van der Waals surface area contributed by atoms with E-state index in [2.05, 4.69) is 4.72 Å². The van der Waals surface area contributed by atoms with Crippen LogP contribution in [0.4, 0.5) is 10.1 Å². The number of aliphatic hydroxyl groups is 1. The SMILES string of the molecule is O=S(=O)(Nc1cccc(CCCO)c1)c1ccc(F)cc1. The monoisotopic (exact) mass is 309 g/mol. The minimum Gasteiger partial charge on any atom is -0.396 e. The van der Waals surface area contributed by atoms with Crippen molar-refractivity contribution < 1.29 is 17.9 Å². The lowest BCUT2D eigenvalue weighted by molar-refractivity contribution is 0.288. The molecule has 0 saturated heterocycles. The third-order valence-corrected chi connectivity index (χ3v) is 4.32. The molecule has 4 nitrogen and oxygen atoms in total. The van der Waals surface area contributed by atoms with E-state index in [1.54, 1.807) is 18.2 Å². The molecule has 0 bridgehead atoms. The molecular weight excluding hydrogens is 293 g/mol. The number of anilines is 1. The van der Waals surface area contributed by atoms with Gasteiger partial charge in [-0.15, -0.1) is 0 Å². The third-order valence-electron chi connectivity index (χ3n) is 2.93.